The van der Waals surface area contributed by atoms with E-state index in [1.165, 1.54) is 6.07 Å². The van der Waals surface area contributed by atoms with Crippen molar-refractivity contribution in [2.45, 2.75) is 19.1 Å². The Hall–Kier alpha value is -1.72. The van der Waals surface area contributed by atoms with Gasteiger partial charge in [-0.15, -0.1) is 0 Å². The lowest BCUT2D eigenvalue weighted by molar-refractivity contribution is -0.137. The minimum absolute atomic E-state index is 0.147. The standard InChI is InChI=1S/C10H9F3N2O/c1-5-6-3-2-4-7(10(11,12)13)8(6)15-9(16)14-5/h2-5H,1H3,(H2,14,15,16). The molecule has 1 aliphatic rings. The Bertz CT molecular complexity index is 442. The van der Waals surface area contributed by atoms with Crippen LogP contribution in [0.4, 0.5) is 23.7 Å². The number of urea groups is 1. The summed E-state index contributed by atoms with van der Waals surface area (Å²) in [5.74, 6) is 0. The maximum atomic E-state index is 12.7. The molecule has 2 rings (SSSR count). The summed E-state index contributed by atoms with van der Waals surface area (Å²) in [5, 5.41) is 4.69. The Morgan fingerprint density at radius 1 is 1.31 bits per heavy atom. The number of rotatable bonds is 0. The van der Waals surface area contributed by atoms with Gasteiger partial charge in [0.05, 0.1) is 17.3 Å². The van der Waals surface area contributed by atoms with Crippen molar-refractivity contribution in [2.75, 3.05) is 5.32 Å². The summed E-state index contributed by atoms with van der Waals surface area (Å²) in [6.45, 7) is 1.64. The van der Waals surface area contributed by atoms with Gasteiger partial charge in [0, 0.05) is 0 Å². The summed E-state index contributed by atoms with van der Waals surface area (Å²) in [5.41, 5.74) is -0.521. The highest BCUT2D eigenvalue weighted by atomic mass is 19.4. The predicted octanol–water partition coefficient (Wildman–Crippen LogP) is 2.90. The zero-order chi connectivity index (χ0) is 11.9. The average molecular weight is 230 g/mol. The third kappa shape index (κ3) is 1.70. The van der Waals surface area contributed by atoms with E-state index in [-0.39, 0.29) is 5.69 Å². The van der Waals surface area contributed by atoms with Gasteiger partial charge in [0.25, 0.3) is 0 Å². The van der Waals surface area contributed by atoms with Crippen LogP contribution >= 0.6 is 0 Å². The molecule has 2 N–H and O–H groups in total. The number of hydrogen-bond donors (Lipinski definition) is 2. The number of carbonyl (C=O) groups excluding carboxylic acids is 1. The fourth-order valence-electron chi connectivity index (χ4n) is 1.73. The van der Waals surface area contributed by atoms with Crippen molar-refractivity contribution in [3.63, 3.8) is 0 Å². The molecule has 0 spiro atoms. The highest BCUT2D eigenvalue weighted by Gasteiger charge is 2.36. The van der Waals surface area contributed by atoms with E-state index in [1.54, 1.807) is 13.0 Å². The van der Waals surface area contributed by atoms with E-state index in [0.717, 1.165) is 6.07 Å². The summed E-state index contributed by atoms with van der Waals surface area (Å²) in [6.07, 6.45) is -4.46. The molecule has 3 nitrogen and oxygen atoms in total. The van der Waals surface area contributed by atoms with Gasteiger partial charge < -0.3 is 10.6 Å². The Morgan fingerprint density at radius 2 is 2.00 bits per heavy atom. The van der Waals surface area contributed by atoms with Crippen LogP contribution in [0, 0.1) is 0 Å². The molecule has 0 aliphatic carbocycles. The van der Waals surface area contributed by atoms with Crippen molar-refractivity contribution in [3.8, 4) is 0 Å². The molecular weight excluding hydrogens is 221 g/mol. The first-order chi connectivity index (χ1) is 7.39. The van der Waals surface area contributed by atoms with Crippen LogP contribution in [0.5, 0.6) is 0 Å². The number of benzene rings is 1. The van der Waals surface area contributed by atoms with Crippen molar-refractivity contribution in [3.05, 3.63) is 29.3 Å². The average Bonchev–Trinajstić information content (AvgIpc) is 2.15. The first-order valence-corrected chi connectivity index (χ1v) is 4.67. The minimum Gasteiger partial charge on any atom is -0.331 e. The number of para-hydroxylation sites is 1. The van der Waals surface area contributed by atoms with Crippen LogP contribution in [0.15, 0.2) is 18.2 Å². The molecule has 1 aromatic rings. The number of hydrogen-bond acceptors (Lipinski definition) is 1. The molecule has 2 amide bonds. The Labute approximate surface area is 89.6 Å². The van der Waals surface area contributed by atoms with Crippen LogP contribution in [-0.4, -0.2) is 6.03 Å². The molecule has 0 saturated heterocycles. The molecule has 1 atom stereocenters. The first kappa shape index (κ1) is 10.8. The van der Waals surface area contributed by atoms with Crippen LogP contribution < -0.4 is 10.6 Å². The highest BCUT2D eigenvalue weighted by molar-refractivity contribution is 5.94. The smallest absolute Gasteiger partial charge is 0.331 e. The molecular formula is C10H9F3N2O. The van der Waals surface area contributed by atoms with Gasteiger partial charge in [0.1, 0.15) is 0 Å². The van der Waals surface area contributed by atoms with Crippen LogP contribution in [-0.2, 0) is 6.18 Å². The quantitative estimate of drug-likeness (QED) is 0.706. The third-order valence-electron chi connectivity index (χ3n) is 2.45. The molecule has 1 heterocycles. The van der Waals surface area contributed by atoms with Gasteiger partial charge in [-0.3, -0.25) is 0 Å². The topological polar surface area (TPSA) is 41.1 Å². The summed E-state index contributed by atoms with van der Waals surface area (Å²) in [6, 6.07) is 2.80. The number of halogens is 3. The van der Waals surface area contributed by atoms with Gasteiger partial charge in [0.2, 0.25) is 0 Å². The number of nitrogens with one attached hydrogen (secondary N) is 2. The molecule has 16 heavy (non-hydrogen) atoms. The summed E-state index contributed by atoms with van der Waals surface area (Å²) in [4.78, 5) is 11.1. The SMILES string of the molecule is CC1NC(=O)Nc2c1cccc2C(F)(F)F. The number of anilines is 1. The second-order valence-corrected chi connectivity index (χ2v) is 3.59. The van der Waals surface area contributed by atoms with Crippen LogP contribution in [0.2, 0.25) is 0 Å². The monoisotopic (exact) mass is 230 g/mol. The maximum absolute atomic E-state index is 12.7. The van der Waals surface area contributed by atoms with Gasteiger partial charge in [-0.1, -0.05) is 12.1 Å². The second-order valence-electron chi connectivity index (χ2n) is 3.59. The largest absolute Gasteiger partial charge is 0.418 e. The van der Waals surface area contributed by atoms with Crippen molar-refractivity contribution < 1.29 is 18.0 Å². The Morgan fingerprint density at radius 3 is 2.62 bits per heavy atom. The van der Waals surface area contributed by atoms with Crippen molar-refractivity contribution in [2.24, 2.45) is 0 Å². The number of carbonyl (C=O) groups is 1. The lowest BCUT2D eigenvalue weighted by Crippen LogP contribution is -2.37. The lowest BCUT2D eigenvalue weighted by Gasteiger charge is -2.26. The molecule has 0 saturated carbocycles. The van der Waals surface area contributed by atoms with Crippen molar-refractivity contribution in [1.82, 2.24) is 5.32 Å². The molecule has 6 heteroatoms. The molecule has 0 aromatic heterocycles. The zero-order valence-corrected chi connectivity index (χ0v) is 8.35. The van der Waals surface area contributed by atoms with Crippen molar-refractivity contribution in [1.29, 1.82) is 0 Å². The summed E-state index contributed by atoms with van der Waals surface area (Å²) < 4.78 is 38.0. The molecule has 0 fully saturated rings. The van der Waals surface area contributed by atoms with Gasteiger partial charge >= 0.3 is 12.2 Å². The molecule has 1 aromatic carbocycles. The number of fused-ring (bicyclic) bond motifs is 1. The Balaban J connectivity index is 2.59. The van der Waals surface area contributed by atoms with Gasteiger partial charge in [0.15, 0.2) is 0 Å². The lowest BCUT2D eigenvalue weighted by atomic mass is 9.99. The second kappa shape index (κ2) is 3.40. The maximum Gasteiger partial charge on any atom is 0.418 e. The molecule has 1 unspecified atom stereocenters. The number of amides is 2. The van der Waals surface area contributed by atoms with Gasteiger partial charge in [-0.2, -0.15) is 13.2 Å². The van der Waals surface area contributed by atoms with Crippen LogP contribution in [0.3, 0.4) is 0 Å². The van der Waals surface area contributed by atoms with E-state index in [2.05, 4.69) is 10.6 Å². The first-order valence-electron chi connectivity index (χ1n) is 4.67. The van der Waals surface area contributed by atoms with E-state index in [4.69, 9.17) is 0 Å². The third-order valence-corrected chi connectivity index (χ3v) is 2.45. The van der Waals surface area contributed by atoms with Crippen molar-refractivity contribution >= 4 is 11.7 Å². The van der Waals surface area contributed by atoms with Gasteiger partial charge in [-0.25, -0.2) is 4.79 Å². The highest BCUT2D eigenvalue weighted by Crippen LogP contribution is 2.39. The van der Waals surface area contributed by atoms with Crippen LogP contribution in [0.1, 0.15) is 24.1 Å². The van der Waals surface area contributed by atoms with E-state index in [9.17, 15) is 18.0 Å². The minimum atomic E-state index is -4.46. The van der Waals surface area contributed by atoms with E-state index in [1.807, 2.05) is 0 Å². The van der Waals surface area contributed by atoms with E-state index < -0.39 is 23.8 Å². The molecule has 0 radical (unpaired) electrons. The summed E-state index contributed by atoms with van der Waals surface area (Å²) >= 11 is 0. The molecule has 0 bridgehead atoms. The molecule has 1 aliphatic heterocycles. The number of alkyl halides is 3. The van der Waals surface area contributed by atoms with Gasteiger partial charge in [-0.05, 0) is 18.6 Å². The Kier molecular flexibility index (Phi) is 2.29. The fraction of sp³-hybridized carbons (Fsp3) is 0.300. The fourth-order valence-corrected chi connectivity index (χ4v) is 1.73. The van der Waals surface area contributed by atoms with E-state index >= 15 is 0 Å². The molecule has 86 valence electrons. The van der Waals surface area contributed by atoms with E-state index in [0.29, 0.717) is 5.56 Å². The predicted molar refractivity (Wildman–Crippen MR) is 52.0 cm³/mol. The summed E-state index contributed by atoms with van der Waals surface area (Å²) in [7, 11) is 0. The zero-order valence-electron chi connectivity index (χ0n) is 8.35. The normalized spacial score (nSPS) is 19.8. The van der Waals surface area contributed by atoms with Crippen LogP contribution in [0.25, 0.3) is 0 Å².